The summed E-state index contributed by atoms with van der Waals surface area (Å²) in [4.78, 5) is 0. The van der Waals surface area contributed by atoms with Crippen molar-refractivity contribution in [2.45, 2.75) is 117 Å². The van der Waals surface area contributed by atoms with Crippen LogP contribution in [0.3, 0.4) is 0 Å². The molecule has 0 saturated carbocycles. The van der Waals surface area contributed by atoms with Crippen molar-refractivity contribution in [3.05, 3.63) is 0 Å². The Morgan fingerprint density at radius 1 is 0.667 bits per heavy atom. The van der Waals surface area contributed by atoms with Crippen molar-refractivity contribution in [1.82, 2.24) is 0 Å². The molecular formula is C18H40O2Si. The molecule has 0 aliphatic rings. The fourth-order valence-corrected chi connectivity index (χ4v) is 5.06. The van der Waals surface area contributed by atoms with Crippen molar-refractivity contribution in [2.75, 3.05) is 0 Å². The lowest BCUT2D eigenvalue weighted by Crippen LogP contribution is -2.41. The van der Waals surface area contributed by atoms with Crippen molar-refractivity contribution in [3.63, 3.8) is 0 Å². The second kappa shape index (κ2) is 12.7. The van der Waals surface area contributed by atoms with Crippen LogP contribution in [-0.4, -0.2) is 20.8 Å². The standard InChI is InChI=1S/C18H40O2Si/c1-7-9-11-13-15-17(3)19-21(5,6)20-18(4)16-14-12-10-8-2/h17-18H,7-16H2,1-6H3. The summed E-state index contributed by atoms with van der Waals surface area (Å²) in [5.41, 5.74) is 0. The first kappa shape index (κ1) is 21.1. The first-order valence-corrected chi connectivity index (χ1v) is 12.1. The highest BCUT2D eigenvalue weighted by molar-refractivity contribution is 6.64. The fourth-order valence-electron chi connectivity index (χ4n) is 2.83. The van der Waals surface area contributed by atoms with Gasteiger partial charge in [-0.2, -0.15) is 0 Å². The molecule has 2 nitrogen and oxygen atoms in total. The minimum Gasteiger partial charge on any atom is -0.392 e. The largest absolute Gasteiger partial charge is 0.392 e. The summed E-state index contributed by atoms with van der Waals surface area (Å²) in [6.07, 6.45) is 13.6. The molecular weight excluding hydrogens is 276 g/mol. The molecule has 0 N–H and O–H groups in total. The van der Waals surface area contributed by atoms with Gasteiger partial charge < -0.3 is 8.85 Å². The summed E-state index contributed by atoms with van der Waals surface area (Å²) in [7, 11) is -1.97. The van der Waals surface area contributed by atoms with Crippen molar-refractivity contribution in [1.29, 1.82) is 0 Å². The Labute approximate surface area is 135 Å². The van der Waals surface area contributed by atoms with Crippen LogP contribution in [0.2, 0.25) is 13.1 Å². The Balaban J connectivity index is 3.83. The normalized spacial score (nSPS) is 15.1. The molecule has 0 radical (unpaired) electrons. The van der Waals surface area contributed by atoms with E-state index in [0.29, 0.717) is 12.2 Å². The average Bonchev–Trinajstić information content (AvgIpc) is 2.38. The lowest BCUT2D eigenvalue weighted by molar-refractivity contribution is 0.0895. The van der Waals surface area contributed by atoms with Gasteiger partial charge in [0.05, 0.1) is 0 Å². The topological polar surface area (TPSA) is 18.5 Å². The molecule has 128 valence electrons. The van der Waals surface area contributed by atoms with E-state index >= 15 is 0 Å². The first-order valence-electron chi connectivity index (χ1n) is 9.27. The van der Waals surface area contributed by atoms with Crippen LogP contribution in [0.15, 0.2) is 0 Å². The monoisotopic (exact) mass is 316 g/mol. The second-order valence-electron chi connectivity index (χ2n) is 6.96. The molecule has 0 bridgehead atoms. The maximum Gasteiger partial charge on any atom is 0.332 e. The number of rotatable bonds is 14. The van der Waals surface area contributed by atoms with Crippen LogP contribution < -0.4 is 0 Å². The van der Waals surface area contributed by atoms with Gasteiger partial charge in [0.2, 0.25) is 0 Å². The summed E-state index contributed by atoms with van der Waals surface area (Å²) in [6, 6.07) is 0. The van der Waals surface area contributed by atoms with E-state index in [9.17, 15) is 0 Å². The Morgan fingerprint density at radius 2 is 1.05 bits per heavy atom. The van der Waals surface area contributed by atoms with Gasteiger partial charge in [-0.05, 0) is 39.8 Å². The van der Waals surface area contributed by atoms with Gasteiger partial charge >= 0.3 is 8.56 Å². The lowest BCUT2D eigenvalue weighted by Gasteiger charge is -2.30. The Kier molecular flexibility index (Phi) is 12.7. The van der Waals surface area contributed by atoms with E-state index in [0.717, 1.165) is 0 Å². The predicted molar refractivity (Wildman–Crippen MR) is 96.1 cm³/mol. The summed E-state index contributed by atoms with van der Waals surface area (Å²) in [5, 5.41) is 0. The molecule has 0 aromatic rings. The molecule has 21 heavy (non-hydrogen) atoms. The minimum atomic E-state index is -1.97. The van der Waals surface area contributed by atoms with Gasteiger partial charge in [-0.1, -0.05) is 65.2 Å². The summed E-state index contributed by atoms with van der Waals surface area (Å²) >= 11 is 0. The van der Waals surface area contributed by atoms with E-state index in [1.165, 1.54) is 64.2 Å². The van der Waals surface area contributed by atoms with Gasteiger partial charge in [-0.15, -0.1) is 0 Å². The zero-order chi connectivity index (χ0) is 16.1. The van der Waals surface area contributed by atoms with Crippen molar-refractivity contribution in [2.24, 2.45) is 0 Å². The van der Waals surface area contributed by atoms with Crippen LogP contribution in [0.25, 0.3) is 0 Å². The average molecular weight is 317 g/mol. The molecule has 0 spiro atoms. The minimum absolute atomic E-state index is 0.343. The smallest absolute Gasteiger partial charge is 0.332 e. The van der Waals surface area contributed by atoms with Crippen LogP contribution in [0.1, 0.15) is 91.9 Å². The van der Waals surface area contributed by atoms with E-state index in [-0.39, 0.29) is 0 Å². The van der Waals surface area contributed by atoms with Crippen molar-refractivity contribution < 1.29 is 8.85 Å². The van der Waals surface area contributed by atoms with E-state index in [4.69, 9.17) is 8.85 Å². The highest BCUT2D eigenvalue weighted by atomic mass is 28.4. The van der Waals surface area contributed by atoms with Gasteiger partial charge in [0.25, 0.3) is 0 Å². The third-order valence-electron chi connectivity index (χ3n) is 3.90. The molecule has 0 saturated heterocycles. The van der Waals surface area contributed by atoms with E-state index < -0.39 is 8.56 Å². The first-order chi connectivity index (χ1) is 9.91. The molecule has 0 fully saturated rings. The molecule has 0 aliphatic carbocycles. The maximum atomic E-state index is 6.23. The Hall–Kier alpha value is 0.137. The van der Waals surface area contributed by atoms with Gasteiger partial charge in [0.1, 0.15) is 0 Å². The van der Waals surface area contributed by atoms with Crippen LogP contribution in [-0.2, 0) is 8.85 Å². The predicted octanol–water partition coefficient (Wildman–Crippen LogP) is 6.44. The van der Waals surface area contributed by atoms with Crippen LogP contribution in [0, 0.1) is 0 Å². The quantitative estimate of drug-likeness (QED) is 0.271. The van der Waals surface area contributed by atoms with Gasteiger partial charge in [-0.3, -0.25) is 0 Å². The fraction of sp³-hybridized carbons (Fsp3) is 1.00. The number of unbranched alkanes of at least 4 members (excludes halogenated alkanes) is 6. The summed E-state index contributed by atoms with van der Waals surface area (Å²) in [6.45, 7) is 13.3. The van der Waals surface area contributed by atoms with E-state index in [1.54, 1.807) is 0 Å². The van der Waals surface area contributed by atoms with Crippen LogP contribution in [0.4, 0.5) is 0 Å². The third kappa shape index (κ3) is 13.5. The molecule has 0 aromatic heterocycles. The SMILES string of the molecule is CCCCCCC(C)O[Si](C)(C)OC(C)CCCCCC. The Morgan fingerprint density at radius 3 is 1.38 bits per heavy atom. The van der Waals surface area contributed by atoms with Crippen molar-refractivity contribution >= 4 is 8.56 Å². The maximum absolute atomic E-state index is 6.23. The number of hydrogen-bond donors (Lipinski definition) is 0. The van der Waals surface area contributed by atoms with Crippen LogP contribution >= 0.6 is 0 Å². The highest BCUT2D eigenvalue weighted by Crippen LogP contribution is 2.18. The lowest BCUT2D eigenvalue weighted by atomic mass is 10.1. The third-order valence-corrected chi connectivity index (χ3v) is 5.84. The van der Waals surface area contributed by atoms with Gasteiger partial charge in [0, 0.05) is 12.2 Å². The van der Waals surface area contributed by atoms with E-state index in [2.05, 4.69) is 40.8 Å². The van der Waals surface area contributed by atoms with Gasteiger partial charge in [0.15, 0.2) is 0 Å². The van der Waals surface area contributed by atoms with Gasteiger partial charge in [-0.25, -0.2) is 0 Å². The molecule has 0 aliphatic heterocycles. The highest BCUT2D eigenvalue weighted by Gasteiger charge is 2.29. The van der Waals surface area contributed by atoms with Crippen LogP contribution in [0.5, 0.6) is 0 Å². The Bertz CT molecular complexity index is 209. The molecule has 2 atom stereocenters. The molecule has 0 rings (SSSR count). The molecule has 2 unspecified atom stereocenters. The zero-order valence-electron chi connectivity index (χ0n) is 15.5. The molecule has 3 heteroatoms. The molecule has 0 amide bonds. The molecule has 0 heterocycles. The number of hydrogen-bond acceptors (Lipinski definition) is 2. The van der Waals surface area contributed by atoms with Crippen molar-refractivity contribution in [3.8, 4) is 0 Å². The molecule has 0 aromatic carbocycles. The zero-order valence-corrected chi connectivity index (χ0v) is 16.5. The summed E-state index contributed by atoms with van der Waals surface area (Å²) < 4.78 is 12.5. The van der Waals surface area contributed by atoms with E-state index in [1.807, 2.05) is 0 Å². The summed E-state index contributed by atoms with van der Waals surface area (Å²) in [5.74, 6) is 0. The second-order valence-corrected chi connectivity index (χ2v) is 10.2.